The Balaban J connectivity index is 1.88. The van der Waals surface area contributed by atoms with Gasteiger partial charge in [-0.25, -0.2) is 9.97 Å². The Morgan fingerprint density at radius 2 is 2.04 bits per heavy atom. The highest BCUT2D eigenvalue weighted by molar-refractivity contribution is 5.79. The van der Waals surface area contributed by atoms with E-state index < -0.39 is 11.9 Å². The molecule has 1 unspecified atom stereocenters. The number of halogens is 3. The average molecular weight is 342 g/mol. The van der Waals surface area contributed by atoms with E-state index in [2.05, 4.69) is 15.3 Å². The van der Waals surface area contributed by atoms with Crippen LogP contribution >= 0.6 is 0 Å². The van der Waals surface area contributed by atoms with Gasteiger partial charge in [0.2, 0.25) is 11.9 Å². The Hall–Kier alpha value is -1.86. The number of carbonyl (C=O) groups excluding carboxylic acids is 1. The molecule has 1 atom stereocenters. The summed E-state index contributed by atoms with van der Waals surface area (Å²) in [5.74, 6) is -0.178. The summed E-state index contributed by atoms with van der Waals surface area (Å²) in [6.45, 7) is 3.25. The highest BCUT2D eigenvalue weighted by Crippen LogP contribution is 2.36. The second-order valence-corrected chi connectivity index (χ2v) is 6.33. The summed E-state index contributed by atoms with van der Waals surface area (Å²) in [5, 5.41) is 2.76. The van der Waals surface area contributed by atoms with Gasteiger partial charge in [-0.15, -0.1) is 0 Å². The van der Waals surface area contributed by atoms with Crippen LogP contribution in [0.15, 0.2) is 0 Å². The molecule has 8 heteroatoms. The molecule has 1 fully saturated rings. The number of hydrogen-bond acceptors (Lipinski definition) is 4. The van der Waals surface area contributed by atoms with Gasteiger partial charge < -0.3 is 10.2 Å². The number of amides is 1. The molecule has 1 aliphatic heterocycles. The molecule has 2 heterocycles. The summed E-state index contributed by atoms with van der Waals surface area (Å²) < 4.78 is 40.1. The molecular formula is C16H21F3N4O. The molecule has 1 aliphatic carbocycles. The van der Waals surface area contributed by atoms with Crippen molar-refractivity contribution >= 4 is 11.9 Å². The van der Waals surface area contributed by atoms with Crippen LogP contribution in [0.2, 0.25) is 0 Å². The maximum atomic E-state index is 13.4. The molecule has 132 valence electrons. The van der Waals surface area contributed by atoms with Crippen LogP contribution in [0.3, 0.4) is 0 Å². The first-order valence-corrected chi connectivity index (χ1v) is 8.39. The molecule has 5 nitrogen and oxygen atoms in total. The van der Waals surface area contributed by atoms with Crippen molar-refractivity contribution in [1.29, 1.82) is 0 Å². The quantitative estimate of drug-likeness (QED) is 0.916. The van der Waals surface area contributed by atoms with E-state index in [-0.39, 0.29) is 23.3 Å². The molecule has 24 heavy (non-hydrogen) atoms. The zero-order valence-corrected chi connectivity index (χ0v) is 13.6. The zero-order valence-electron chi connectivity index (χ0n) is 13.6. The largest absolute Gasteiger partial charge is 0.433 e. The fourth-order valence-corrected chi connectivity index (χ4v) is 3.43. The van der Waals surface area contributed by atoms with Gasteiger partial charge in [0.05, 0.1) is 5.92 Å². The molecule has 3 rings (SSSR count). The van der Waals surface area contributed by atoms with Crippen molar-refractivity contribution in [1.82, 2.24) is 15.3 Å². The fourth-order valence-electron chi connectivity index (χ4n) is 3.43. The Kier molecular flexibility index (Phi) is 4.64. The van der Waals surface area contributed by atoms with Crippen LogP contribution in [0.5, 0.6) is 0 Å². The molecule has 1 N–H and O–H groups in total. The topological polar surface area (TPSA) is 58.1 Å². The van der Waals surface area contributed by atoms with Gasteiger partial charge in [0.1, 0.15) is 0 Å². The molecule has 1 aromatic rings. The van der Waals surface area contributed by atoms with Gasteiger partial charge in [0, 0.05) is 30.9 Å². The molecule has 1 saturated heterocycles. The monoisotopic (exact) mass is 342 g/mol. The number of fused-ring (bicyclic) bond motifs is 1. The van der Waals surface area contributed by atoms with Gasteiger partial charge in [-0.1, -0.05) is 0 Å². The number of nitrogens with one attached hydrogen (secondary N) is 1. The Labute approximate surface area is 138 Å². The minimum absolute atomic E-state index is 0.0611. The van der Waals surface area contributed by atoms with Crippen LogP contribution in [0, 0.1) is 5.92 Å². The van der Waals surface area contributed by atoms with E-state index in [1.807, 2.05) is 6.92 Å². The summed E-state index contributed by atoms with van der Waals surface area (Å²) in [4.78, 5) is 21.9. The molecule has 0 spiro atoms. The summed E-state index contributed by atoms with van der Waals surface area (Å²) in [6.07, 6.45) is -1.34. The van der Waals surface area contributed by atoms with E-state index in [1.54, 1.807) is 4.90 Å². The summed E-state index contributed by atoms with van der Waals surface area (Å²) >= 11 is 0. The molecule has 1 aromatic heterocycles. The number of alkyl halides is 3. The number of anilines is 1. The number of rotatable bonds is 3. The van der Waals surface area contributed by atoms with Gasteiger partial charge in [-0.05, 0) is 39.0 Å². The van der Waals surface area contributed by atoms with Crippen LogP contribution < -0.4 is 10.2 Å². The van der Waals surface area contributed by atoms with Crippen LogP contribution in [0.25, 0.3) is 0 Å². The maximum absolute atomic E-state index is 13.4. The number of aromatic nitrogens is 2. The average Bonchev–Trinajstić information content (AvgIpc) is 3.03. The Morgan fingerprint density at radius 3 is 2.75 bits per heavy atom. The predicted octanol–water partition coefficient (Wildman–Crippen LogP) is 2.34. The van der Waals surface area contributed by atoms with Gasteiger partial charge in [-0.3, -0.25) is 4.79 Å². The van der Waals surface area contributed by atoms with Gasteiger partial charge >= 0.3 is 6.18 Å². The minimum atomic E-state index is -4.47. The van der Waals surface area contributed by atoms with Crippen molar-refractivity contribution in [2.75, 3.05) is 24.5 Å². The van der Waals surface area contributed by atoms with Crippen LogP contribution in [-0.2, 0) is 23.8 Å². The molecular weight excluding hydrogens is 321 g/mol. The first-order chi connectivity index (χ1) is 11.4. The van der Waals surface area contributed by atoms with Crippen molar-refractivity contribution in [2.24, 2.45) is 5.92 Å². The number of aryl methyl sites for hydroxylation is 1. The normalized spacial score (nSPS) is 20.8. The van der Waals surface area contributed by atoms with Gasteiger partial charge in [-0.2, -0.15) is 13.2 Å². The molecule has 0 radical (unpaired) electrons. The third kappa shape index (κ3) is 3.32. The fraction of sp³-hybridized carbons (Fsp3) is 0.688. The van der Waals surface area contributed by atoms with Crippen LogP contribution in [-0.4, -0.2) is 35.5 Å². The SMILES string of the molecule is CCNC(=O)C1CCN(c2nc3c(c(C(F)(F)F)n2)CCCC3)C1. The minimum Gasteiger partial charge on any atom is -0.356 e. The van der Waals surface area contributed by atoms with E-state index in [9.17, 15) is 18.0 Å². The van der Waals surface area contributed by atoms with Crippen molar-refractivity contribution in [2.45, 2.75) is 45.2 Å². The lowest BCUT2D eigenvalue weighted by atomic mass is 9.94. The summed E-state index contributed by atoms with van der Waals surface area (Å²) in [7, 11) is 0. The second kappa shape index (κ2) is 6.57. The third-order valence-electron chi connectivity index (χ3n) is 4.63. The predicted molar refractivity (Wildman–Crippen MR) is 82.7 cm³/mol. The van der Waals surface area contributed by atoms with Crippen molar-refractivity contribution < 1.29 is 18.0 Å². The van der Waals surface area contributed by atoms with E-state index >= 15 is 0 Å². The van der Waals surface area contributed by atoms with E-state index in [4.69, 9.17) is 0 Å². The molecule has 0 saturated carbocycles. The summed E-state index contributed by atoms with van der Waals surface area (Å²) in [5.41, 5.74) is -0.0410. The lowest BCUT2D eigenvalue weighted by Crippen LogP contribution is -2.33. The van der Waals surface area contributed by atoms with Gasteiger partial charge in [0.15, 0.2) is 5.69 Å². The van der Waals surface area contributed by atoms with Crippen molar-refractivity contribution in [3.63, 3.8) is 0 Å². The molecule has 2 aliphatic rings. The number of hydrogen-bond donors (Lipinski definition) is 1. The summed E-state index contributed by atoms with van der Waals surface area (Å²) in [6, 6.07) is 0. The standard InChI is InChI=1S/C16H21F3N4O/c1-2-20-14(24)10-7-8-23(9-10)15-21-12-6-4-3-5-11(12)13(22-15)16(17,18)19/h10H,2-9H2,1H3,(H,20,24). The molecule has 1 amide bonds. The third-order valence-corrected chi connectivity index (χ3v) is 4.63. The Bertz CT molecular complexity index is 632. The first-order valence-electron chi connectivity index (χ1n) is 8.39. The van der Waals surface area contributed by atoms with E-state index in [1.165, 1.54) is 0 Å². The van der Waals surface area contributed by atoms with E-state index in [0.717, 1.165) is 12.8 Å². The zero-order chi connectivity index (χ0) is 17.3. The lowest BCUT2D eigenvalue weighted by molar-refractivity contribution is -0.142. The van der Waals surface area contributed by atoms with Crippen LogP contribution in [0.4, 0.5) is 19.1 Å². The molecule has 0 bridgehead atoms. The molecule has 0 aromatic carbocycles. The first kappa shape index (κ1) is 17.0. The van der Waals surface area contributed by atoms with Crippen molar-refractivity contribution in [3.8, 4) is 0 Å². The van der Waals surface area contributed by atoms with Crippen LogP contribution in [0.1, 0.15) is 43.1 Å². The highest BCUT2D eigenvalue weighted by Gasteiger charge is 2.39. The number of nitrogens with zero attached hydrogens (tertiary/aromatic N) is 3. The number of carbonyl (C=O) groups is 1. The maximum Gasteiger partial charge on any atom is 0.433 e. The Morgan fingerprint density at radius 1 is 1.29 bits per heavy atom. The highest BCUT2D eigenvalue weighted by atomic mass is 19.4. The smallest absolute Gasteiger partial charge is 0.356 e. The second-order valence-electron chi connectivity index (χ2n) is 6.33. The van der Waals surface area contributed by atoms with E-state index in [0.29, 0.717) is 44.6 Å². The lowest BCUT2D eigenvalue weighted by Gasteiger charge is -2.23. The van der Waals surface area contributed by atoms with Crippen molar-refractivity contribution in [3.05, 3.63) is 17.0 Å². The van der Waals surface area contributed by atoms with Gasteiger partial charge in [0.25, 0.3) is 0 Å².